The molecule has 1 unspecified atom stereocenters. The molecule has 2 aromatic rings. The van der Waals surface area contributed by atoms with Gasteiger partial charge >= 0.3 is 0 Å². The number of amides is 1. The Balaban J connectivity index is 2.12. The smallest absolute Gasteiger partial charge is 0.228 e. The normalized spacial score (nSPS) is 12.8. The van der Waals surface area contributed by atoms with Gasteiger partial charge < -0.3 is 9.73 Å². The van der Waals surface area contributed by atoms with Crippen molar-refractivity contribution >= 4 is 15.7 Å². The van der Waals surface area contributed by atoms with Gasteiger partial charge in [0.1, 0.15) is 21.4 Å². The molecular formula is C16H18FNO4S. The molecule has 5 nitrogen and oxygen atoms in total. The Morgan fingerprint density at radius 3 is 2.52 bits per heavy atom. The minimum absolute atomic E-state index is 0.0352. The van der Waals surface area contributed by atoms with E-state index in [1.165, 1.54) is 18.4 Å². The fourth-order valence-corrected chi connectivity index (χ4v) is 2.64. The Bertz CT molecular complexity index is 739. The lowest BCUT2D eigenvalue weighted by Gasteiger charge is -2.16. The summed E-state index contributed by atoms with van der Waals surface area (Å²) in [5.74, 6) is -0.797. The highest BCUT2D eigenvalue weighted by molar-refractivity contribution is 7.90. The number of furan rings is 1. The van der Waals surface area contributed by atoms with Crippen LogP contribution in [0.15, 0.2) is 47.1 Å². The van der Waals surface area contributed by atoms with Crippen LogP contribution in [0.5, 0.6) is 0 Å². The van der Waals surface area contributed by atoms with Crippen molar-refractivity contribution in [3.05, 3.63) is 59.8 Å². The molecule has 1 aromatic heterocycles. The Morgan fingerprint density at radius 2 is 1.96 bits per heavy atom. The summed E-state index contributed by atoms with van der Waals surface area (Å²) in [6.07, 6.45) is 2.93. The molecule has 0 bridgehead atoms. The molecule has 0 saturated heterocycles. The van der Waals surface area contributed by atoms with E-state index in [-0.39, 0.29) is 24.0 Å². The van der Waals surface area contributed by atoms with Gasteiger partial charge in [-0.15, -0.1) is 0 Å². The number of hydrogen-bond donors (Lipinski definition) is 1. The zero-order valence-electron chi connectivity index (χ0n) is 12.7. The third-order valence-electron chi connectivity index (χ3n) is 3.35. The molecule has 1 N–H and O–H groups in total. The first-order valence-corrected chi connectivity index (χ1v) is 9.14. The molecule has 0 aliphatic heterocycles. The first-order valence-electron chi connectivity index (χ1n) is 7.08. The van der Waals surface area contributed by atoms with Gasteiger partial charge in [0.2, 0.25) is 5.91 Å². The lowest BCUT2D eigenvalue weighted by molar-refractivity contribution is -0.122. The first kappa shape index (κ1) is 17.2. The lowest BCUT2D eigenvalue weighted by Crippen LogP contribution is -2.34. The molecule has 1 atom stereocenters. The number of benzene rings is 1. The lowest BCUT2D eigenvalue weighted by atomic mass is 9.93. The number of rotatable bonds is 7. The van der Waals surface area contributed by atoms with E-state index in [1.807, 2.05) is 0 Å². The maximum absolute atomic E-state index is 13.1. The summed E-state index contributed by atoms with van der Waals surface area (Å²) in [5.41, 5.74) is 0.639. The maximum Gasteiger partial charge on any atom is 0.228 e. The van der Waals surface area contributed by atoms with Crippen LogP contribution in [0.2, 0.25) is 0 Å². The molecular weight excluding hydrogens is 321 g/mol. The van der Waals surface area contributed by atoms with E-state index in [2.05, 4.69) is 5.32 Å². The number of carbonyl (C=O) groups is 1. The summed E-state index contributed by atoms with van der Waals surface area (Å²) in [4.78, 5) is 12.4. The summed E-state index contributed by atoms with van der Waals surface area (Å²) in [6, 6.07) is 9.12. The minimum Gasteiger partial charge on any atom is -0.469 e. The Labute approximate surface area is 134 Å². The molecule has 2 rings (SSSR count). The minimum atomic E-state index is -3.15. The van der Waals surface area contributed by atoms with Gasteiger partial charge in [-0.3, -0.25) is 4.79 Å². The highest BCUT2D eigenvalue weighted by atomic mass is 32.2. The van der Waals surface area contributed by atoms with E-state index >= 15 is 0 Å². The van der Waals surface area contributed by atoms with Crippen molar-refractivity contribution in [2.45, 2.75) is 12.3 Å². The first-order chi connectivity index (χ1) is 10.8. The monoisotopic (exact) mass is 339 g/mol. The van der Waals surface area contributed by atoms with Crippen LogP contribution in [0, 0.1) is 5.82 Å². The molecule has 1 aromatic carbocycles. The highest BCUT2D eigenvalue weighted by Crippen LogP contribution is 2.22. The predicted molar refractivity (Wildman–Crippen MR) is 84.3 cm³/mol. The molecule has 1 amide bonds. The van der Waals surface area contributed by atoms with Crippen LogP contribution in [-0.4, -0.2) is 32.9 Å². The van der Waals surface area contributed by atoms with Gasteiger partial charge in [0.25, 0.3) is 0 Å². The largest absolute Gasteiger partial charge is 0.469 e. The third kappa shape index (κ3) is 5.52. The second-order valence-corrected chi connectivity index (χ2v) is 7.57. The zero-order valence-corrected chi connectivity index (χ0v) is 13.5. The van der Waals surface area contributed by atoms with Crippen molar-refractivity contribution in [2.75, 3.05) is 18.6 Å². The SMILES string of the molecule is CS(=O)(=O)CCNC(=O)C(Cc1ccco1)c1ccc(F)cc1. The number of nitrogens with one attached hydrogen (secondary N) is 1. The van der Waals surface area contributed by atoms with Crippen LogP contribution in [0.1, 0.15) is 17.2 Å². The van der Waals surface area contributed by atoms with Crippen molar-refractivity contribution in [3.63, 3.8) is 0 Å². The second-order valence-electron chi connectivity index (χ2n) is 5.31. The second kappa shape index (κ2) is 7.41. The van der Waals surface area contributed by atoms with Crippen LogP contribution < -0.4 is 5.32 Å². The number of sulfone groups is 1. The number of hydrogen-bond acceptors (Lipinski definition) is 4. The van der Waals surface area contributed by atoms with E-state index in [4.69, 9.17) is 4.42 Å². The fraction of sp³-hybridized carbons (Fsp3) is 0.312. The van der Waals surface area contributed by atoms with Crippen LogP contribution in [0.4, 0.5) is 4.39 Å². The van der Waals surface area contributed by atoms with Crippen LogP contribution in [-0.2, 0) is 21.1 Å². The van der Waals surface area contributed by atoms with Gasteiger partial charge in [-0.2, -0.15) is 0 Å². The van der Waals surface area contributed by atoms with Gasteiger partial charge in [0, 0.05) is 19.2 Å². The Hall–Kier alpha value is -2.15. The summed E-state index contributed by atoms with van der Waals surface area (Å²) in [7, 11) is -3.15. The van der Waals surface area contributed by atoms with E-state index in [1.54, 1.807) is 24.3 Å². The van der Waals surface area contributed by atoms with Gasteiger partial charge in [0.15, 0.2) is 0 Å². The zero-order chi connectivity index (χ0) is 16.9. The molecule has 7 heteroatoms. The van der Waals surface area contributed by atoms with Crippen LogP contribution >= 0.6 is 0 Å². The summed E-state index contributed by atoms with van der Waals surface area (Å²) in [5, 5.41) is 2.61. The molecule has 0 saturated carbocycles. The van der Waals surface area contributed by atoms with Crippen molar-refractivity contribution in [1.29, 1.82) is 0 Å². The Kier molecular flexibility index (Phi) is 5.54. The summed E-state index contributed by atoms with van der Waals surface area (Å²) in [6.45, 7) is 0.0352. The molecule has 0 aliphatic carbocycles. The fourth-order valence-electron chi connectivity index (χ4n) is 2.17. The summed E-state index contributed by atoms with van der Waals surface area (Å²) >= 11 is 0. The average molecular weight is 339 g/mol. The van der Waals surface area contributed by atoms with E-state index in [9.17, 15) is 17.6 Å². The van der Waals surface area contributed by atoms with Gasteiger partial charge in [-0.05, 0) is 29.8 Å². The van der Waals surface area contributed by atoms with Crippen molar-refractivity contribution in [3.8, 4) is 0 Å². The summed E-state index contributed by atoms with van der Waals surface area (Å²) < 4.78 is 40.6. The molecule has 23 heavy (non-hydrogen) atoms. The van der Waals surface area contributed by atoms with E-state index in [0.29, 0.717) is 17.7 Å². The third-order valence-corrected chi connectivity index (χ3v) is 4.29. The Morgan fingerprint density at radius 1 is 1.26 bits per heavy atom. The number of halogens is 1. The topological polar surface area (TPSA) is 76.4 Å². The van der Waals surface area contributed by atoms with Crippen molar-refractivity contribution < 1.29 is 22.0 Å². The molecule has 0 spiro atoms. The predicted octanol–water partition coefficient (Wildman–Crippen LogP) is 1.91. The van der Waals surface area contributed by atoms with Crippen LogP contribution in [0.3, 0.4) is 0 Å². The maximum atomic E-state index is 13.1. The molecule has 0 radical (unpaired) electrons. The van der Waals surface area contributed by atoms with E-state index < -0.39 is 15.8 Å². The van der Waals surface area contributed by atoms with Gasteiger partial charge in [-0.1, -0.05) is 12.1 Å². The van der Waals surface area contributed by atoms with Crippen LogP contribution in [0.25, 0.3) is 0 Å². The molecule has 0 fully saturated rings. The van der Waals surface area contributed by atoms with E-state index in [0.717, 1.165) is 6.26 Å². The van der Waals surface area contributed by atoms with Crippen molar-refractivity contribution in [1.82, 2.24) is 5.32 Å². The molecule has 0 aliphatic rings. The standard InChI is InChI=1S/C16H18FNO4S/c1-23(20,21)10-8-18-16(19)15(11-14-3-2-9-22-14)12-4-6-13(17)7-5-12/h2-7,9,15H,8,10-11H2,1H3,(H,18,19). The van der Waals surface area contributed by atoms with Crippen molar-refractivity contribution in [2.24, 2.45) is 0 Å². The molecule has 124 valence electrons. The van der Waals surface area contributed by atoms with Gasteiger partial charge in [0.05, 0.1) is 17.9 Å². The molecule has 1 heterocycles. The number of carbonyl (C=O) groups excluding carboxylic acids is 1. The highest BCUT2D eigenvalue weighted by Gasteiger charge is 2.22. The average Bonchev–Trinajstić information content (AvgIpc) is 2.97. The quantitative estimate of drug-likeness (QED) is 0.836. The van der Waals surface area contributed by atoms with Gasteiger partial charge in [-0.25, -0.2) is 12.8 Å².